The van der Waals surface area contributed by atoms with Crippen molar-refractivity contribution >= 4 is 17.2 Å². The second-order valence-electron chi connectivity index (χ2n) is 3.84. The van der Waals surface area contributed by atoms with Crippen LogP contribution in [0.15, 0.2) is 43.1 Å². The zero-order valence-electron chi connectivity index (χ0n) is 11.4. The van der Waals surface area contributed by atoms with Gasteiger partial charge in [0.2, 0.25) is 0 Å². The van der Waals surface area contributed by atoms with Crippen LogP contribution >= 0.6 is 11.6 Å². The Hall–Kier alpha value is -1.67. The number of halogens is 2. The Morgan fingerprint density at radius 3 is 2.26 bits per heavy atom. The van der Waals surface area contributed by atoms with Crippen LogP contribution in [0.1, 0.15) is 26.3 Å². The zero-order chi connectivity index (χ0) is 14.4. The first-order valence-electron chi connectivity index (χ1n) is 6.15. The van der Waals surface area contributed by atoms with Gasteiger partial charge in [0, 0.05) is 17.3 Å². The maximum absolute atomic E-state index is 12.8. The molecule has 0 spiro atoms. The van der Waals surface area contributed by atoms with E-state index in [2.05, 4.69) is 11.6 Å². The molecular formula is C16H17ClFN. The Morgan fingerprint density at radius 1 is 1.21 bits per heavy atom. The fourth-order valence-electron chi connectivity index (χ4n) is 1.52. The van der Waals surface area contributed by atoms with Crippen molar-refractivity contribution in [2.24, 2.45) is 0 Å². The maximum Gasteiger partial charge on any atom is 0.123 e. The van der Waals surface area contributed by atoms with Gasteiger partial charge in [-0.25, -0.2) is 4.39 Å². The molecule has 1 aromatic heterocycles. The van der Waals surface area contributed by atoms with E-state index in [0.29, 0.717) is 5.02 Å². The summed E-state index contributed by atoms with van der Waals surface area (Å²) in [5, 5.41) is 0.604. The molecule has 2 rings (SSSR count). The highest BCUT2D eigenvalue weighted by atomic mass is 35.5. The molecule has 0 saturated heterocycles. The second kappa shape index (κ2) is 7.05. The summed E-state index contributed by atoms with van der Waals surface area (Å²) in [4.78, 5) is 4.29. The minimum Gasteiger partial charge on any atom is -0.256 e. The highest BCUT2D eigenvalue weighted by Crippen LogP contribution is 2.26. The molecule has 0 aliphatic carbocycles. The first-order valence-corrected chi connectivity index (χ1v) is 6.53. The molecule has 0 unspecified atom stereocenters. The lowest BCUT2D eigenvalue weighted by Gasteiger charge is -2.06. The average molecular weight is 278 g/mol. The number of pyridine rings is 1. The number of rotatable bonds is 2. The van der Waals surface area contributed by atoms with Gasteiger partial charge in [-0.1, -0.05) is 32.0 Å². The van der Waals surface area contributed by atoms with Gasteiger partial charge in [0.15, 0.2) is 0 Å². The van der Waals surface area contributed by atoms with Crippen molar-refractivity contribution in [2.75, 3.05) is 0 Å². The van der Waals surface area contributed by atoms with E-state index in [4.69, 9.17) is 11.6 Å². The molecule has 0 amide bonds. The Morgan fingerprint density at radius 2 is 1.79 bits per heavy atom. The van der Waals surface area contributed by atoms with Gasteiger partial charge in [-0.2, -0.15) is 0 Å². The summed E-state index contributed by atoms with van der Waals surface area (Å²) in [6.45, 7) is 9.70. The standard InChI is InChI=1S/C14H11ClFN.C2H6/c1-9(2)12-8-17-14(7-13(12)15)10-3-5-11(16)6-4-10;1-2/h3-8H,1H2,2H3;1-2H3. The van der Waals surface area contributed by atoms with Gasteiger partial charge in [-0.15, -0.1) is 0 Å². The highest BCUT2D eigenvalue weighted by Gasteiger charge is 2.05. The summed E-state index contributed by atoms with van der Waals surface area (Å²) in [6.07, 6.45) is 1.68. The molecule has 0 atom stereocenters. The number of aromatic nitrogens is 1. The van der Waals surface area contributed by atoms with Gasteiger partial charge in [-0.3, -0.25) is 4.98 Å². The summed E-state index contributed by atoms with van der Waals surface area (Å²) in [6, 6.07) is 7.91. The third-order valence-corrected chi connectivity index (χ3v) is 2.77. The monoisotopic (exact) mass is 277 g/mol. The van der Waals surface area contributed by atoms with Crippen LogP contribution in [0.25, 0.3) is 16.8 Å². The van der Waals surface area contributed by atoms with Crippen molar-refractivity contribution in [3.8, 4) is 11.3 Å². The van der Waals surface area contributed by atoms with E-state index in [9.17, 15) is 4.39 Å². The maximum atomic E-state index is 12.8. The third kappa shape index (κ3) is 3.90. The predicted octanol–water partition coefficient (Wildman–Crippen LogP) is 5.60. The lowest BCUT2D eigenvalue weighted by Crippen LogP contribution is -1.88. The smallest absolute Gasteiger partial charge is 0.123 e. The van der Waals surface area contributed by atoms with E-state index in [1.165, 1.54) is 12.1 Å². The van der Waals surface area contributed by atoms with Crippen molar-refractivity contribution in [2.45, 2.75) is 20.8 Å². The normalized spacial score (nSPS) is 9.53. The van der Waals surface area contributed by atoms with Crippen LogP contribution in [0, 0.1) is 5.82 Å². The Labute approximate surface area is 118 Å². The van der Waals surface area contributed by atoms with Crippen LogP contribution in [-0.2, 0) is 0 Å². The van der Waals surface area contributed by atoms with E-state index in [0.717, 1.165) is 22.4 Å². The molecule has 0 bridgehead atoms. The molecule has 1 nitrogen and oxygen atoms in total. The lowest BCUT2D eigenvalue weighted by molar-refractivity contribution is 0.628. The summed E-state index contributed by atoms with van der Waals surface area (Å²) < 4.78 is 12.8. The van der Waals surface area contributed by atoms with Gasteiger partial charge in [0.1, 0.15) is 5.82 Å². The Bertz CT molecular complexity index is 561. The average Bonchev–Trinajstić information content (AvgIpc) is 2.41. The molecule has 0 radical (unpaired) electrons. The fraction of sp³-hybridized carbons (Fsp3) is 0.188. The summed E-state index contributed by atoms with van der Waals surface area (Å²) in [5.74, 6) is -0.265. The fourth-order valence-corrected chi connectivity index (χ4v) is 1.84. The predicted molar refractivity (Wildman–Crippen MR) is 80.7 cm³/mol. The lowest BCUT2D eigenvalue weighted by atomic mass is 10.1. The van der Waals surface area contributed by atoms with Crippen molar-refractivity contribution in [3.63, 3.8) is 0 Å². The summed E-state index contributed by atoms with van der Waals surface area (Å²) >= 11 is 6.13. The Balaban J connectivity index is 0.000000861. The molecule has 100 valence electrons. The molecule has 0 aliphatic heterocycles. The molecule has 0 aliphatic rings. The third-order valence-electron chi connectivity index (χ3n) is 2.45. The highest BCUT2D eigenvalue weighted by molar-refractivity contribution is 6.32. The topological polar surface area (TPSA) is 12.9 Å². The number of hydrogen-bond donors (Lipinski definition) is 0. The molecule has 1 aromatic carbocycles. The summed E-state index contributed by atoms with van der Waals surface area (Å²) in [7, 11) is 0. The van der Waals surface area contributed by atoms with Gasteiger partial charge in [-0.05, 0) is 42.8 Å². The quantitative estimate of drug-likeness (QED) is 0.696. The largest absolute Gasteiger partial charge is 0.256 e. The number of allylic oxidation sites excluding steroid dienone is 1. The minimum atomic E-state index is -0.265. The number of nitrogens with zero attached hydrogens (tertiary/aromatic N) is 1. The van der Waals surface area contributed by atoms with E-state index in [1.807, 2.05) is 20.8 Å². The van der Waals surface area contributed by atoms with E-state index < -0.39 is 0 Å². The van der Waals surface area contributed by atoms with Crippen molar-refractivity contribution in [1.29, 1.82) is 0 Å². The number of hydrogen-bond acceptors (Lipinski definition) is 1. The zero-order valence-corrected chi connectivity index (χ0v) is 12.1. The van der Waals surface area contributed by atoms with Crippen molar-refractivity contribution < 1.29 is 4.39 Å². The van der Waals surface area contributed by atoms with E-state index in [1.54, 1.807) is 24.4 Å². The van der Waals surface area contributed by atoms with Crippen LogP contribution in [0.5, 0.6) is 0 Å². The first-order chi connectivity index (χ1) is 9.08. The van der Waals surface area contributed by atoms with E-state index in [-0.39, 0.29) is 5.82 Å². The minimum absolute atomic E-state index is 0.265. The van der Waals surface area contributed by atoms with Crippen LogP contribution in [-0.4, -0.2) is 4.98 Å². The van der Waals surface area contributed by atoms with E-state index >= 15 is 0 Å². The van der Waals surface area contributed by atoms with Crippen LogP contribution in [0.2, 0.25) is 5.02 Å². The molecule has 19 heavy (non-hydrogen) atoms. The van der Waals surface area contributed by atoms with Gasteiger partial charge < -0.3 is 0 Å². The summed E-state index contributed by atoms with van der Waals surface area (Å²) in [5.41, 5.74) is 3.26. The first kappa shape index (κ1) is 15.4. The molecule has 2 aromatic rings. The van der Waals surface area contributed by atoms with Gasteiger partial charge in [0.05, 0.1) is 10.7 Å². The number of benzene rings is 1. The van der Waals surface area contributed by atoms with Gasteiger partial charge in [0.25, 0.3) is 0 Å². The van der Waals surface area contributed by atoms with Crippen LogP contribution < -0.4 is 0 Å². The molecule has 1 heterocycles. The second-order valence-corrected chi connectivity index (χ2v) is 4.24. The molecule has 0 N–H and O–H groups in total. The molecule has 0 fully saturated rings. The van der Waals surface area contributed by atoms with Gasteiger partial charge >= 0.3 is 0 Å². The SMILES string of the molecule is C=C(C)c1cnc(-c2ccc(F)cc2)cc1Cl.CC. The molecular weight excluding hydrogens is 261 g/mol. The molecule has 0 saturated carbocycles. The van der Waals surface area contributed by atoms with Crippen molar-refractivity contribution in [1.82, 2.24) is 4.98 Å². The Kier molecular flexibility index (Phi) is 5.71. The van der Waals surface area contributed by atoms with Crippen LogP contribution in [0.3, 0.4) is 0 Å². The molecule has 3 heteroatoms. The van der Waals surface area contributed by atoms with Crippen molar-refractivity contribution in [3.05, 3.63) is 59.5 Å². The van der Waals surface area contributed by atoms with Crippen LogP contribution in [0.4, 0.5) is 4.39 Å².